The topological polar surface area (TPSA) is 102 Å². The van der Waals surface area contributed by atoms with E-state index >= 15 is 0 Å². The van der Waals surface area contributed by atoms with E-state index in [1.807, 2.05) is 27.7 Å². The van der Waals surface area contributed by atoms with Gasteiger partial charge in [-0.25, -0.2) is 0 Å². The SMILES string of the molecule is CCOC(=O)CC(N/C(C)=C/C(C)=O)C1OC2OC(C)(C)OC2C2OC(C)(C)OC12. The van der Waals surface area contributed by atoms with E-state index in [9.17, 15) is 9.59 Å². The van der Waals surface area contributed by atoms with Crippen molar-refractivity contribution in [3.05, 3.63) is 11.8 Å². The van der Waals surface area contributed by atoms with Crippen molar-refractivity contribution in [3.8, 4) is 0 Å². The Bertz CT molecular complexity index is 703. The highest BCUT2D eigenvalue weighted by molar-refractivity contribution is 5.87. The number of nitrogens with one attached hydrogen (secondary N) is 1. The van der Waals surface area contributed by atoms with Crippen molar-refractivity contribution in [2.45, 2.75) is 103 Å². The molecular formula is C21H33NO8. The van der Waals surface area contributed by atoms with Gasteiger partial charge in [-0.2, -0.15) is 0 Å². The van der Waals surface area contributed by atoms with E-state index in [4.69, 9.17) is 28.4 Å². The Balaban J connectivity index is 1.90. The zero-order chi connectivity index (χ0) is 22.3. The van der Waals surface area contributed by atoms with Gasteiger partial charge >= 0.3 is 5.97 Å². The molecule has 9 heteroatoms. The van der Waals surface area contributed by atoms with Crippen molar-refractivity contribution in [3.63, 3.8) is 0 Å². The molecule has 6 unspecified atom stereocenters. The molecule has 0 saturated carbocycles. The summed E-state index contributed by atoms with van der Waals surface area (Å²) >= 11 is 0. The number of hydrogen-bond donors (Lipinski definition) is 1. The molecule has 0 spiro atoms. The number of esters is 1. The van der Waals surface area contributed by atoms with Crippen LogP contribution in [-0.4, -0.2) is 66.7 Å². The van der Waals surface area contributed by atoms with Gasteiger partial charge in [-0.05, 0) is 54.5 Å². The molecule has 3 saturated heterocycles. The molecule has 30 heavy (non-hydrogen) atoms. The third kappa shape index (κ3) is 5.20. The highest BCUT2D eigenvalue weighted by atomic mass is 16.9. The van der Waals surface area contributed by atoms with Crippen LogP contribution in [0.5, 0.6) is 0 Å². The molecule has 0 aliphatic carbocycles. The van der Waals surface area contributed by atoms with Gasteiger partial charge in [0.05, 0.1) is 19.1 Å². The average Bonchev–Trinajstić information content (AvgIpc) is 3.06. The normalized spacial score (nSPS) is 35.3. The standard InChI is InChI=1S/C21H33NO8/c1-8-25-14(24)10-13(22-11(2)9-12(3)23)15-16-17(28-20(4,5)27-16)18-19(26-15)30-21(6,7)29-18/h9,13,15-19,22H,8,10H2,1-7H3/b11-9+. The summed E-state index contributed by atoms with van der Waals surface area (Å²) in [7, 11) is 0. The van der Waals surface area contributed by atoms with E-state index in [0.29, 0.717) is 5.70 Å². The second-order valence-electron chi connectivity index (χ2n) is 8.83. The summed E-state index contributed by atoms with van der Waals surface area (Å²) in [6.07, 6.45) is -1.18. The first-order valence-electron chi connectivity index (χ1n) is 10.4. The predicted octanol–water partition coefficient (Wildman–Crippen LogP) is 1.79. The molecule has 0 radical (unpaired) electrons. The Labute approximate surface area is 177 Å². The molecule has 170 valence electrons. The number of hydrogen-bond acceptors (Lipinski definition) is 9. The van der Waals surface area contributed by atoms with Gasteiger partial charge in [0, 0.05) is 5.70 Å². The zero-order valence-corrected chi connectivity index (χ0v) is 18.7. The zero-order valence-electron chi connectivity index (χ0n) is 18.7. The lowest BCUT2D eigenvalue weighted by Gasteiger charge is -2.41. The molecule has 3 fully saturated rings. The Hall–Kier alpha value is -1.52. The van der Waals surface area contributed by atoms with Crippen molar-refractivity contribution in [2.75, 3.05) is 6.61 Å². The van der Waals surface area contributed by atoms with Gasteiger partial charge < -0.3 is 33.7 Å². The first-order valence-corrected chi connectivity index (χ1v) is 10.4. The number of fused-ring (bicyclic) bond motifs is 3. The van der Waals surface area contributed by atoms with Crippen LogP contribution in [0.2, 0.25) is 0 Å². The first kappa shape index (κ1) is 23.1. The maximum Gasteiger partial charge on any atom is 0.307 e. The molecule has 3 aliphatic rings. The minimum atomic E-state index is -0.847. The quantitative estimate of drug-likeness (QED) is 0.481. The molecule has 9 nitrogen and oxygen atoms in total. The lowest BCUT2D eigenvalue weighted by Crippen LogP contribution is -2.61. The minimum absolute atomic E-state index is 0.0240. The maximum atomic E-state index is 12.3. The second-order valence-corrected chi connectivity index (χ2v) is 8.83. The van der Waals surface area contributed by atoms with Crippen molar-refractivity contribution in [1.82, 2.24) is 5.32 Å². The first-order chi connectivity index (χ1) is 13.9. The van der Waals surface area contributed by atoms with E-state index in [1.54, 1.807) is 13.8 Å². The molecule has 3 aliphatic heterocycles. The monoisotopic (exact) mass is 427 g/mol. The summed E-state index contributed by atoms with van der Waals surface area (Å²) in [4.78, 5) is 23.8. The van der Waals surface area contributed by atoms with Crippen LogP contribution in [0.1, 0.15) is 54.9 Å². The van der Waals surface area contributed by atoms with Crippen LogP contribution in [0.15, 0.2) is 11.8 Å². The Morgan fingerprint density at radius 2 is 1.60 bits per heavy atom. The third-order valence-corrected chi connectivity index (χ3v) is 5.11. The van der Waals surface area contributed by atoms with Crippen molar-refractivity contribution >= 4 is 11.8 Å². The Morgan fingerprint density at radius 1 is 1.00 bits per heavy atom. The average molecular weight is 427 g/mol. The third-order valence-electron chi connectivity index (χ3n) is 5.11. The number of ketones is 1. The summed E-state index contributed by atoms with van der Waals surface area (Å²) in [5, 5.41) is 3.23. The van der Waals surface area contributed by atoms with Gasteiger partial charge in [0.15, 0.2) is 23.6 Å². The van der Waals surface area contributed by atoms with Crippen molar-refractivity contribution in [2.24, 2.45) is 0 Å². The number of carbonyl (C=O) groups excluding carboxylic acids is 2. The molecule has 3 heterocycles. The molecule has 3 rings (SSSR count). The fourth-order valence-electron chi connectivity index (χ4n) is 4.25. The summed E-state index contributed by atoms with van der Waals surface area (Å²) in [6.45, 7) is 12.5. The van der Waals surface area contributed by atoms with Crippen LogP contribution in [0.3, 0.4) is 0 Å². The van der Waals surface area contributed by atoms with E-state index < -0.39 is 48.3 Å². The minimum Gasteiger partial charge on any atom is -0.466 e. The van der Waals surface area contributed by atoms with Crippen LogP contribution in [0, 0.1) is 0 Å². The number of rotatable bonds is 7. The molecule has 0 amide bonds. The van der Waals surface area contributed by atoms with E-state index in [1.165, 1.54) is 13.0 Å². The molecular weight excluding hydrogens is 394 g/mol. The van der Waals surface area contributed by atoms with Crippen LogP contribution < -0.4 is 5.32 Å². The van der Waals surface area contributed by atoms with Crippen LogP contribution in [-0.2, 0) is 38.0 Å². The summed E-state index contributed by atoms with van der Waals surface area (Å²) in [5.74, 6) is -2.16. The van der Waals surface area contributed by atoms with Gasteiger partial charge in [-0.15, -0.1) is 0 Å². The summed E-state index contributed by atoms with van der Waals surface area (Å²) in [5.41, 5.74) is 0.612. The van der Waals surface area contributed by atoms with Crippen LogP contribution in [0.4, 0.5) is 0 Å². The van der Waals surface area contributed by atoms with Crippen LogP contribution >= 0.6 is 0 Å². The number of ether oxygens (including phenoxy) is 6. The fraction of sp³-hybridized carbons (Fsp3) is 0.810. The summed E-state index contributed by atoms with van der Waals surface area (Å²) < 4.78 is 35.7. The predicted molar refractivity (Wildman–Crippen MR) is 105 cm³/mol. The highest BCUT2D eigenvalue weighted by Crippen LogP contribution is 2.45. The Kier molecular flexibility index (Phi) is 6.60. The molecule has 6 atom stereocenters. The lowest BCUT2D eigenvalue weighted by atomic mass is 9.92. The van der Waals surface area contributed by atoms with Crippen molar-refractivity contribution in [1.29, 1.82) is 0 Å². The molecule has 0 aromatic heterocycles. The van der Waals surface area contributed by atoms with Gasteiger partial charge in [0.25, 0.3) is 0 Å². The van der Waals surface area contributed by atoms with E-state index in [2.05, 4.69) is 5.32 Å². The maximum absolute atomic E-state index is 12.3. The van der Waals surface area contributed by atoms with Crippen molar-refractivity contribution < 1.29 is 38.0 Å². The second kappa shape index (κ2) is 8.55. The van der Waals surface area contributed by atoms with Gasteiger partial charge in [0.2, 0.25) is 0 Å². The van der Waals surface area contributed by atoms with Gasteiger partial charge in [0.1, 0.15) is 24.4 Å². The van der Waals surface area contributed by atoms with Crippen LogP contribution in [0.25, 0.3) is 0 Å². The van der Waals surface area contributed by atoms with Gasteiger partial charge in [-0.1, -0.05) is 0 Å². The summed E-state index contributed by atoms with van der Waals surface area (Å²) in [6, 6.07) is -0.530. The molecule has 0 bridgehead atoms. The molecule has 1 N–H and O–H groups in total. The molecule has 0 aromatic carbocycles. The molecule has 0 aromatic rings. The van der Waals surface area contributed by atoms with E-state index in [-0.39, 0.29) is 24.8 Å². The number of allylic oxidation sites excluding steroid dienone is 2. The van der Waals surface area contributed by atoms with E-state index in [0.717, 1.165) is 0 Å². The fourth-order valence-corrected chi connectivity index (χ4v) is 4.25. The highest BCUT2D eigenvalue weighted by Gasteiger charge is 2.62. The number of carbonyl (C=O) groups is 2. The Morgan fingerprint density at radius 3 is 2.23 bits per heavy atom. The van der Waals surface area contributed by atoms with Gasteiger partial charge in [-0.3, -0.25) is 9.59 Å². The smallest absolute Gasteiger partial charge is 0.307 e. The largest absolute Gasteiger partial charge is 0.466 e. The lowest BCUT2D eigenvalue weighted by molar-refractivity contribution is -0.240.